The van der Waals surface area contributed by atoms with Gasteiger partial charge in [0, 0.05) is 0 Å². The molecule has 1 aromatic rings. The molecule has 0 fully saturated rings. The molecule has 2 atom stereocenters. The average molecular weight is 401 g/mol. The predicted octanol–water partition coefficient (Wildman–Crippen LogP) is 1.78. The molecular weight excluding hydrogens is 378 g/mol. The number of nitrogens with zero attached hydrogens (tertiary/aromatic N) is 1. The first kappa shape index (κ1) is 21.8. The van der Waals surface area contributed by atoms with Gasteiger partial charge in [-0.2, -0.15) is 5.26 Å². The second-order valence-electron chi connectivity index (χ2n) is 6.18. The number of carbonyl (C=O) groups is 3. The van der Waals surface area contributed by atoms with E-state index < -0.39 is 30.1 Å². The van der Waals surface area contributed by atoms with Crippen molar-refractivity contribution in [1.82, 2.24) is 10.6 Å². The molecule has 29 heavy (non-hydrogen) atoms. The average Bonchev–Trinajstić information content (AvgIpc) is 2.71. The number of urea groups is 1. The monoisotopic (exact) mass is 401 g/mol. The van der Waals surface area contributed by atoms with Gasteiger partial charge in [-0.25, -0.2) is 14.4 Å². The molecule has 0 saturated heterocycles. The Morgan fingerprint density at radius 3 is 2.48 bits per heavy atom. The van der Waals surface area contributed by atoms with Crippen molar-refractivity contribution in [2.45, 2.75) is 39.3 Å². The molecule has 0 spiro atoms. The fraction of sp³-hybridized carbons (Fsp3) is 0.400. The van der Waals surface area contributed by atoms with E-state index in [9.17, 15) is 14.4 Å². The summed E-state index contributed by atoms with van der Waals surface area (Å²) in [6, 6.07) is 7.25. The van der Waals surface area contributed by atoms with Gasteiger partial charge in [-0.1, -0.05) is 6.92 Å². The van der Waals surface area contributed by atoms with Crippen molar-refractivity contribution in [1.29, 1.82) is 5.26 Å². The lowest BCUT2D eigenvalue weighted by atomic mass is 10.0. The number of amides is 2. The molecule has 1 aliphatic rings. The van der Waals surface area contributed by atoms with Crippen molar-refractivity contribution < 1.29 is 28.6 Å². The first-order valence-corrected chi connectivity index (χ1v) is 9.20. The highest BCUT2D eigenvalue weighted by atomic mass is 16.6. The maximum absolute atomic E-state index is 12.3. The van der Waals surface area contributed by atoms with Crippen LogP contribution in [0, 0.1) is 11.3 Å². The Hall–Kier alpha value is -3.54. The molecule has 0 bridgehead atoms. The quantitative estimate of drug-likeness (QED) is 0.636. The normalized spacial score (nSPS) is 16.8. The molecule has 9 heteroatoms. The lowest BCUT2D eigenvalue weighted by Crippen LogP contribution is -2.51. The van der Waals surface area contributed by atoms with Gasteiger partial charge in [-0.05, 0) is 44.5 Å². The van der Waals surface area contributed by atoms with E-state index in [1.165, 1.54) is 6.92 Å². The molecule has 2 amide bonds. The second-order valence-corrected chi connectivity index (χ2v) is 6.18. The lowest BCUT2D eigenvalue weighted by molar-refractivity contribution is -0.150. The van der Waals surface area contributed by atoms with Gasteiger partial charge < -0.3 is 24.8 Å². The third kappa shape index (κ3) is 5.72. The smallest absolute Gasteiger partial charge is 0.347 e. The molecule has 1 heterocycles. The van der Waals surface area contributed by atoms with Crippen LogP contribution in [0.3, 0.4) is 0 Å². The highest BCUT2D eigenvalue weighted by Crippen LogP contribution is 2.18. The number of hydrogen-bond donors (Lipinski definition) is 2. The highest BCUT2D eigenvalue weighted by molar-refractivity contribution is 5.95. The number of nitriles is 1. The van der Waals surface area contributed by atoms with Crippen LogP contribution in [0.5, 0.6) is 5.75 Å². The fourth-order valence-corrected chi connectivity index (χ4v) is 2.70. The predicted molar refractivity (Wildman–Crippen MR) is 102 cm³/mol. The molecule has 1 aromatic carbocycles. The molecule has 9 nitrogen and oxygen atoms in total. The van der Waals surface area contributed by atoms with Crippen LogP contribution < -0.4 is 15.4 Å². The molecule has 0 unspecified atom stereocenters. The van der Waals surface area contributed by atoms with E-state index in [0.29, 0.717) is 17.7 Å². The third-order valence-electron chi connectivity index (χ3n) is 4.13. The van der Waals surface area contributed by atoms with E-state index in [-0.39, 0.29) is 24.5 Å². The van der Waals surface area contributed by atoms with Crippen molar-refractivity contribution in [3.63, 3.8) is 0 Å². The minimum atomic E-state index is -0.936. The summed E-state index contributed by atoms with van der Waals surface area (Å²) in [5.74, 6) is -0.855. The van der Waals surface area contributed by atoms with Gasteiger partial charge in [0.05, 0.1) is 35.6 Å². The summed E-state index contributed by atoms with van der Waals surface area (Å²) in [7, 11) is 0. The molecule has 2 rings (SSSR count). The van der Waals surface area contributed by atoms with Gasteiger partial charge >= 0.3 is 18.0 Å². The van der Waals surface area contributed by atoms with Gasteiger partial charge in [0.2, 0.25) is 0 Å². The highest BCUT2D eigenvalue weighted by Gasteiger charge is 2.32. The van der Waals surface area contributed by atoms with Crippen LogP contribution in [0.1, 0.15) is 32.8 Å². The number of benzene rings is 1. The van der Waals surface area contributed by atoms with Crippen LogP contribution in [0.15, 0.2) is 35.5 Å². The topological polar surface area (TPSA) is 127 Å². The van der Waals surface area contributed by atoms with Crippen molar-refractivity contribution >= 4 is 18.0 Å². The Bertz CT molecular complexity index is 841. The first-order chi connectivity index (χ1) is 13.9. The van der Waals surface area contributed by atoms with Gasteiger partial charge in [0.15, 0.2) is 6.10 Å². The van der Waals surface area contributed by atoms with Crippen molar-refractivity contribution in [2.75, 3.05) is 13.2 Å². The van der Waals surface area contributed by atoms with Crippen LogP contribution in [0.25, 0.3) is 0 Å². The minimum absolute atomic E-state index is 0.176. The van der Waals surface area contributed by atoms with Crippen molar-refractivity contribution in [2.24, 2.45) is 0 Å². The summed E-state index contributed by atoms with van der Waals surface area (Å²) in [6.07, 6.45) is -0.467. The van der Waals surface area contributed by atoms with Gasteiger partial charge in [-0.15, -0.1) is 0 Å². The number of hydrogen-bond acceptors (Lipinski definition) is 7. The number of ether oxygens (including phenoxy) is 3. The number of nitrogens with one attached hydrogen (secondary N) is 2. The summed E-state index contributed by atoms with van der Waals surface area (Å²) in [5, 5.41) is 14.0. The first-order valence-electron chi connectivity index (χ1n) is 9.20. The lowest BCUT2D eigenvalue weighted by Gasteiger charge is -2.28. The number of esters is 2. The zero-order valence-corrected chi connectivity index (χ0v) is 16.5. The fourth-order valence-electron chi connectivity index (χ4n) is 2.70. The molecular formula is C20H23N3O6. The van der Waals surface area contributed by atoms with E-state index in [0.717, 1.165) is 0 Å². The zero-order valence-electron chi connectivity index (χ0n) is 16.5. The Morgan fingerprint density at radius 2 is 1.90 bits per heavy atom. The van der Waals surface area contributed by atoms with E-state index in [1.54, 1.807) is 31.2 Å². The maximum Gasteiger partial charge on any atom is 0.347 e. The summed E-state index contributed by atoms with van der Waals surface area (Å²) < 4.78 is 15.8. The van der Waals surface area contributed by atoms with Crippen molar-refractivity contribution in [3.05, 3.63) is 41.1 Å². The third-order valence-corrected chi connectivity index (χ3v) is 4.13. The summed E-state index contributed by atoms with van der Waals surface area (Å²) in [6.45, 7) is 4.87. The summed E-state index contributed by atoms with van der Waals surface area (Å²) in [4.78, 5) is 36.4. The van der Waals surface area contributed by atoms with Crippen LogP contribution in [-0.4, -0.2) is 43.3 Å². The van der Waals surface area contributed by atoms with Crippen molar-refractivity contribution in [3.8, 4) is 11.8 Å². The SMILES string of the molecule is CCOC(=O)C1=C(COC(=O)[C@@H](C)Oc2ccc(C#N)cc2)NC(=O)N[C@H]1CC. The second kappa shape index (κ2) is 10.1. The summed E-state index contributed by atoms with van der Waals surface area (Å²) >= 11 is 0. The van der Waals surface area contributed by atoms with Gasteiger partial charge in [0.25, 0.3) is 0 Å². The molecule has 2 N–H and O–H groups in total. The van der Waals surface area contributed by atoms with Gasteiger partial charge in [0.1, 0.15) is 12.4 Å². The van der Waals surface area contributed by atoms with Crippen LogP contribution >= 0.6 is 0 Å². The van der Waals surface area contributed by atoms with Crippen LogP contribution in [0.2, 0.25) is 0 Å². The van der Waals surface area contributed by atoms with E-state index in [2.05, 4.69) is 10.6 Å². The van der Waals surface area contributed by atoms with E-state index in [4.69, 9.17) is 19.5 Å². The molecule has 1 aliphatic heterocycles. The van der Waals surface area contributed by atoms with Crippen LogP contribution in [-0.2, 0) is 19.1 Å². The minimum Gasteiger partial charge on any atom is -0.479 e. The zero-order chi connectivity index (χ0) is 21.4. The standard InChI is InChI=1S/C20H23N3O6/c1-4-15-17(19(25)27-5-2)16(23-20(26)22-15)11-28-18(24)12(3)29-14-8-6-13(10-21)7-9-14/h6-9,12,15H,4-5,11H2,1-3H3,(H2,22,23,26)/t12-,15+/m1/s1. The Labute approximate surface area is 168 Å². The molecule has 0 aromatic heterocycles. The Kier molecular flexibility index (Phi) is 7.60. The number of carbonyl (C=O) groups excluding carboxylic acids is 3. The van der Waals surface area contributed by atoms with Crippen LogP contribution in [0.4, 0.5) is 4.79 Å². The Morgan fingerprint density at radius 1 is 1.21 bits per heavy atom. The van der Waals surface area contributed by atoms with E-state index >= 15 is 0 Å². The molecule has 0 aliphatic carbocycles. The van der Waals surface area contributed by atoms with Gasteiger partial charge in [-0.3, -0.25) is 0 Å². The maximum atomic E-state index is 12.3. The molecule has 0 radical (unpaired) electrons. The summed E-state index contributed by atoms with van der Waals surface area (Å²) in [5.41, 5.74) is 0.874. The molecule has 0 saturated carbocycles. The molecule has 154 valence electrons. The Balaban J connectivity index is 2.06. The van der Waals surface area contributed by atoms with E-state index in [1.807, 2.05) is 13.0 Å². The number of rotatable bonds is 8. The largest absolute Gasteiger partial charge is 0.479 e.